The fraction of sp³-hybridized carbons (Fsp3) is 0.667. The van der Waals surface area contributed by atoms with E-state index in [4.69, 9.17) is 9.47 Å². The third-order valence-corrected chi connectivity index (χ3v) is 7.14. The Hall–Kier alpha value is -1.11. The van der Waals surface area contributed by atoms with Crippen LogP contribution in [0.4, 0.5) is 0 Å². The zero-order valence-electron chi connectivity index (χ0n) is 14.2. The van der Waals surface area contributed by atoms with Gasteiger partial charge in [0.05, 0.1) is 25.1 Å². The van der Waals surface area contributed by atoms with E-state index in [1.54, 1.807) is 7.11 Å². The normalized spacial score (nSPS) is 31.0. The zero-order chi connectivity index (χ0) is 17.3. The van der Waals surface area contributed by atoms with Crippen LogP contribution in [0.1, 0.15) is 37.4 Å². The van der Waals surface area contributed by atoms with E-state index >= 15 is 0 Å². The minimum Gasteiger partial charge on any atom is -0.496 e. The van der Waals surface area contributed by atoms with Crippen LogP contribution in [0.5, 0.6) is 5.75 Å². The number of methoxy groups -OCH3 is 1. The molecule has 5 nitrogen and oxygen atoms in total. The van der Waals surface area contributed by atoms with Crippen LogP contribution in [0.3, 0.4) is 0 Å². The molecule has 134 valence electrons. The van der Waals surface area contributed by atoms with Crippen molar-refractivity contribution in [3.63, 3.8) is 0 Å². The third-order valence-electron chi connectivity index (χ3n) is 5.54. The third kappa shape index (κ3) is 3.60. The van der Waals surface area contributed by atoms with Gasteiger partial charge in [-0.25, -0.2) is 8.42 Å². The SMILES string of the molecule is COc1ccccc1C(CO)OC1C[C@@H]2CC(S(C)(=O)=O)C[C@@H]2C1. The molecule has 0 radical (unpaired) electrons. The first-order chi connectivity index (χ1) is 11.4. The monoisotopic (exact) mass is 354 g/mol. The van der Waals surface area contributed by atoms with Crippen LogP contribution in [0.25, 0.3) is 0 Å². The largest absolute Gasteiger partial charge is 0.496 e. The first-order valence-electron chi connectivity index (χ1n) is 8.50. The van der Waals surface area contributed by atoms with E-state index in [1.807, 2.05) is 24.3 Å². The summed E-state index contributed by atoms with van der Waals surface area (Å²) in [6, 6.07) is 7.57. The topological polar surface area (TPSA) is 72.8 Å². The van der Waals surface area contributed by atoms with Gasteiger partial charge in [-0.3, -0.25) is 0 Å². The quantitative estimate of drug-likeness (QED) is 0.849. The van der Waals surface area contributed by atoms with Gasteiger partial charge in [-0.05, 0) is 43.6 Å². The number of sulfone groups is 1. The summed E-state index contributed by atoms with van der Waals surface area (Å²) in [6.45, 7) is -0.0990. The summed E-state index contributed by atoms with van der Waals surface area (Å²) in [6.07, 6.45) is 4.27. The number of fused-ring (bicyclic) bond motifs is 1. The van der Waals surface area contributed by atoms with Crippen molar-refractivity contribution >= 4 is 9.84 Å². The predicted molar refractivity (Wildman–Crippen MR) is 91.8 cm³/mol. The second kappa shape index (κ2) is 7.02. The van der Waals surface area contributed by atoms with Crippen molar-refractivity contribution in [2.75, 3.05) is 20.0 Å². The van der Waals surface area contributed by atoms with Crippen molar-refractivity contribution in [3.8, 4) is 5.75 Å². The molecular formula is C18H26O5S. The summed E-state index contributed by atoms with van der Waals surface area (Å²) < 4.78 is 35.0. The number of para-hydroxylation sites is 1. The molecule has 1 aromatic carbocycles. The molecule has 0 heterocycles. The zero-order valence-corrected chi connectivity index (χ0v) is 15.0. The average Bonchev–Trinajstić information content (AvgIpc) is 3.10. The Bertz CT molecular complexity index is 658. The van der Waals surface area contributed by atoms with Gasteiger partial charge in [0.25, 0.3) is 0 Å². The molecule has 0 bridgehead atoms. The van der Waals surface area contributed by atoms with Gasteiger partial charge >= 0.3 is 0 Å². The Balaban J connectivity index is 1.64. The standard InChI is InChI=1S/C18H26O5S/c1-22-17-6-4-3-5-16(17)18(11-19)23-14-7-12-9-15(24(2,20)21)10-13(12)8-14/h3-6,12-15,18-19H,7-11H2,1-2H3/t12-,13+,14?,15?,18?. The van der Waals surface area contributed by atoms with Crippen molar-refractivity contribution in [1.82, 2.24) is 0 Å². The van der Waals surface area contributed by atoms with Crippen LogP contribution >= 0.6 is 0 Å². The lowest BCUT2D eigenvalue weighted by Crippen LogP contribution is -2.21. The lowest BCUT2D eigenvalue weighted by atomic mass is 10.0. The molecule has 5 atom stereocenters. The Morgan fingerprint density at radius 1 is 1.17 bits per heavy atom. The maximum absolute atomic E-state index is 11.7. The van der Waals surface area contributed by atoms with Crippen LogP contribution < -0.4 is 4.74 Å². The maximum Gasteiger partial charge on any atom is 0.150 e. The van der Waals surface area contributed by atoms with Crippen LogP contribution in [0.2, 0.25) is 0 Å². The molecule has 2 saturated carbocycles. The van der Waals surface area contributed by atoms with Gasteiger partial charge in [-0.1, -0.05) is 18.2 Å². The summed E-state index contributed by atoms with van der Waals surface area (Å²) in [5.41, 5.74) is 0.855. The summed E-state index contributed by atoms with van der Waals surface area (Å²) in [7, 11) is -1.33. The molecule has 2 aliphatic rings. The molecule has 3 unspecified atom stereocenters. The molecule has 0 spiro atoms. The molecular weight excluding hydrogens is 328 g/mol. The fourth-order valence-electron chi connectivity index (χ4n) is 4.35. The number of aliphatic hydroxyl groups is 1. The Kier molecular flexibility index (Phi) is 5.18. The Morgan fingerprint density at radius 3 is 2.33 bits per heavy atom. The minimum absolute atomic E-state index is 0.0718. The van der Waals surface area contributed by atoms with E-state index in [9.17, 15) is 13.5 Å². The number of hydrogen-bond acceptors (Lipinski definition) is 5. The highest BCUT2D eigenvalue weighted by Gasteiger charge is 2.45. The fourth-order valence-corrected chi connectivity index (χ4v) is 5.54. The van der Waals surface area contributed by atoms with Gasteiger partial charge in [0, 0.05) is 11.8 Å². The van der Waals surface area contributed by atoms with Crippen molar-refractivity contribution < 1.29 is 23.0 Å². The van der Waals surface area contributed by atoms with Gasteiger partial charge in [-0.15, -0.1) is 0 Å². The van der Waals surface area contributed by atoms with E-state index in [0.29, 0.717) is 17.6 Å². The number of benzene rings is 1. The maximum atomic E-state index is 11.7. The number of aliphatic hydroxyl groups excluding tert-OH is 1. The van der Waals surface area contributed by atoms with Crippen LogP contribution in [0, 0.1) is 11.8 Å². The smallest absolute Gasteiger partial charge is 0.150 e. The van der Waals surface area contributed by atoms with E-state index in [2.05, 4.69) is 0 Å². The number of ether oxygens (including phenoxy) is 2. The second-order valence-corrected chi connectivity index (χ2v) is 9.41. The highest BCUT2D eigenvalue weighted by molar-refractivity contribution is 7.91. The summed E-state index contributed by atoms with van der Waals surface area (Å²) in [5, 5.41) is 9.57. The van der Waals surface area contributed by atoms with Gasteiger partial charge < -0.3 is 14.6 Å². The first kappa shape index (κ1) is 17.7. The van der Waals surface area contributed by atoms with E-state index < -0.39 is 15.9 Å². The molecule has 24 heavy (non-hydrogen) atoms. The van der Waals surface area contributed by atoms with E-state index in [-0.39, 0.29) is 18.0 Å². The molecule has 1 aromatic rings. The molecule has 2 fully saturated rings. The van der Waals surface area contributed by atoms with Crippen molar-refractivity contribution in [2.24, 2.45) is 11.8 Å². The lowest BCUT2D eigenvalue weighted by Gasteiger charge is -2.23. The molecule has 1 N–H and O–H groups in total. The number of hydrogen-bond donors (Lipinski definition) is 1. The van der Waals surface area contributed by atoms with Gasteiger partial charge in [0.15, 0.2) is 0 Å². The Labute approximate surface area is 143 Å². The lowest BCUT2D eigenvalue weighted by molar-refractivity contribution is -0.0417. The van der Waals surface area contributed by atoms with Gasteiger partial charge in [0.1, 0.15) is 21.7 Å². The highest BCUT2D eigenvalue weighted by Crippen LogP contribution is 2.48. The molecule has 0 saturated heterocycles. The molecule has 3 rings (SSSR count). The number of rotatable bonds is 6. The first-order valence-corrected chi connectivity index (χ1v) is 10.5. The average molecular weight is 354 g/mol. The molecule has 0 aliphatic heterocycles. The summed E-state index contributed by atoms with van der Waals surface area (Å²) >= 11 is 0. The molecule has 6 heteroatoms. The highest BCUT2D eigenvalue weighted by atomic mass is 32.2. The van der Waals surface area contributed by atoms with Gasteiger partial charge in [0.2, 0.25) is 0 Å². The predicted octanol–water partition coefficient (Wildman–Crippen LogP) is 2.35. The molecule has 0 amide bonds. The summed E-state index contributed by atoms with van der Waals surface area (Å²) in [5.74, 6) is 1.56. The van der Waals surface area contributed by atoms with Crippen LogP contribution in [0.15, 0.2) is 24.3 Å². The van der Waals surface area contributed by atoms with E-state index in [0.717, 1.165) is 31.2 Å². The van der Waals surface area contributed by atoms with Crippen molar-refractivity contribution in [3.05, 3.63) is 29.8 Å². The van der Waals surface area contributed by atoms with Crippen molar-refractivity contribution in [2.45, 2.75) is 43.1 Å². The van der Waals surface area contributed by atoms with Crippen LogP contribution in [-0.4, -0.2) is 44.9 Å². The minimum atomic E-state index is -2.94. The molecule has 0 aromatic heterocycles. The van der Waals surface area contributed by atoms with Crippen LogP contribution in [-0.2, 0) is 14.6 Å². The molecule has 2 aliphatic carbocycles. The second-order valence-electron chi connectivity index (χ2n) is 7.09. The van der Waals surface area contributed by atoms with Gasteiger partial charge in [-0.2, -0.15) is 0 Å². The summed E-state index contributed by atoms with van der Waals surface area (Å²) in [4.78, 5) is 0. The van der Waals surface area contributed by atoms with Crippen molar-refractivity contribution in [1.29, 1.82) is 0 Å². The Morgan fingerprint density at radius 2 is 1.79 bits per heavy atom. The van der Waals surface area contributed by atoms with E-state index in [1.165, 1.54) is 6.26 Å².